The molecule has 0 spiro atoms. The quantitative estimate of drug-likeness (QED) is 0.605. The Morgan fingerprint density at radius 3 is 1.87 bits per heavy atom. The molecule has 0 aromatic rings. The number of nitrogens with zero attached hydrogens (tertiary/aromatic N) is 2. The van der Waals surface area contributed by atoms with Gasteiger partial charge in [0.15, 0.2) is 0 Å². The molecule has 2 saturated heterocycles. The summed E-state index contributed by atoms with van der Waals surface area (Å²) >= 11 is 0. The molecule has 2 aliphatic heterocycles. The molecule has 0 radical (unpaired) electrons. The molecule has 2 unspecified atom stereocenters. The Bertz CT molecular complexity index is 234. The van der Waals surface area contributed by atoms with Gasteiger partial charge in [-0.2, -0.15) is 0 Å². The highest BCUT2D eigenvalue weighted by Crippen LogP contribution is 2.39. The normalized spacial score (nSPS) is 34.0. The van der Waals surface area contributed by atoms with Gasteiger partial charge in [-0.05, 0) is 41.5 Å². The molecule has 2 fully saturated rings. The molecule has 2 rings (SSSR count). The van der Waals surface area contributed by atoms with Crippen molar-refractivity contribution in [2.75, 3.05) is 19.6 Å². The fourth-order valence-corrected chi connectivity index (χ4v) is 2.96. The van der Waals surface area contributed by atoms with Crippen LogP contribution in [0.4, 0.5) is 0 Å². The summed E-state index contributed by atoms with van der Waals surface area (Å²) in [6.07, 6.45) is 0. The summed E-state index contributed by atoms with van der Waals surface area (Å²) in [6.45, 7) is 17.9. The minimum absolute atomic E-state index is 0.348. The first-order chi connectivity index (χ1) is 6.69. The molecule has 0 N–H and O–H groups in total. The summed E-state index contributed by atoms with van der Waals surface area (Å²) < 4.78 is 0. The largest absolute Gasteiger partial charge is 0.297 e. The summed E-state index contributed by atoms with van der Waals surface area (Å²) in [5.74, 6) is 0.934. The maximum atomic E-state index is 2.67. The first-order valence-electron chi connectivity index (χ1n) is 6.21. The van der Waals surface area contributed by atoms with Crippen molar-refractivity contribution in [3.63, 3.8) is 0 Å². The Morgan fingerprint density at radius 2 is 1.40 bits per heavy atom. The monoisotopic (exact) mass is 210 g/mol. The number of likely N-dealkylation sites (tertiary alicyclic amines) is 2. The van der Waals surface area contributed by atoms with E-state index in [0.717, 1.165) is 12.0 Å². The third-order valence-corrected chi connectivity index (χ3v) is 4.05. The predicted molar refractivity (Wildman–Crippen MR) is 65.1 cm³/mol. The third-order valence-electron chi connectivity index (χ3n) is 4.05. The van der Waals surface area contributed by atoms with Crippen LogP contribution in [0.5, 0.6) is 0 Å². The molecule has 15 heavy (non-hydrogen) atoms. The van der Waals surface area contributed by atoms with Gasteiger partial charge in [0.25, 0.3) is 0 Å². The van der Waals surface area contributed by atoms with Gasteiger partial charge in [-0.15, -0.1) is 0 Å². The second kappa shape index (κ2) is 3.21. The summed E-state index contributed by atoms with van der Waals surface area (Å²) in [4.78, 5) is 5.32. The molecule has 2 atom stereocenters. The molecule has 88 valence electrons. The van der Waals surface area contributed by atoms with Crippen molar-refractivity contribution in [1.29, 1.82) is 0 Å². The average molecular weight is 210 g/mol. The molecule has 0 bridgehead atoms. The van der Waals surface area contributed by atoms with Crippen LogP contribution >= 0.6 is 0 Å². The van der Waals surface area contributed by atoms with E-state index in [1.54, 1.807) is 0 Å². The molecule has 0 aliphatic carbocycles. The fraction of sp³-hybridized carbons (Fsp3) is 1.00. The van der Waals surface area contributed by atoms with Crippen LogP contribution in [0.2, 0.25) is 0 Å². The van der Waals surface area contributed by atoms with Crippen molar-refractivity contribution < 1.29 is 0 Å². The second-order valence-corrected chi connectivity index (χ2v) is 7.23. The number of rotatable bonds is 0. The van der Waals surface area contributed by atoms with Crippen molar-refractivity contribution in [3.8, 4) is 0 Å². The Hall–Kier alpha value is -0.0800. The van der Waals surface area contributed by atoms with Crippen molar-refractivity contribution >= 4 is 0 Å². The van der Waals surface area contributed by atoms with E-state index in [1.165, 1.54) is 19.6 Å². The predicted octanol–water partition coefficient (Wildman–Crippen LogP) is 2.20. The summed E-state index contributed by atoms with van der Waals surface area (Å²) in [6, 6.07) is 0.823. The van der Waals surface area contributed by atoms with Gasteiger partial charge in [-0.3, -0.25) is 9.80 Å². The lowest BCUT2D eigenvalue weighted by Crippen LogP contribution is -2.62. The first-order valence-corrected chi connectivity index (χ1v) is 6.21. The van der Waals surface area contributed by atoms with E-state index >= 15 is 0 Å². The lowest BCUT2D eigenvalue weighted by atomic mass is 9.86. The van der Waals surface area contributed by atoms with Gasteiger partial charge in [-0.1, -0.05) is 0 Å². The van der Waals surface area contributed by atoms with E-state index < -0.39 is 0 Å². The van der Waals surface area contributed by atoms with Crippen LogP contribution in [0.1, 0.15) is 41.5 Å². The third kappa shape index (κ3) is 1.94. The van der Waals surface area contributed by atoms with Crippen LogP contribution < -0.4 is 0 Å². The van der Waals surface area contributed by atoms with E-state index in [4.69, 9.17) is 0 Å². The molecule has 0 aromatic heterocycles. The van der Waals surface area contributed by atoms with E-state index in [0.29, 0.717) is 11.1 Å². The Balaban J connectivity index is 2.00. The van der Waals surface area contributed by atoms with E-state index in [9.17, 15) is 0 Å². The molecule has 2 nitrogen and oxygen atoms in total. The Kier molecular flexibility index (Phi) is 2.44. The smallest absolute Gasteiger partial charge is 0.0281 e. The molecule has 0 aromatic carbocycles. The topological polar surface area (TPSA) is 6.48 Å². The molecular formula is C13H26N2. The highest BCUT2D eigenvalue weighted by molar-refractivity contribution is 5.06. The lowest BCUT2D eigenvalue weighted by Gasteiger charge is -2.51. The van der Waals surface area contributed by atoms with Gasteiger partial charge in [0.05, 0.1) is 0 Å². The van der Waals surface area contributed by atoms with E-state index in [2.05, 4.69) is 51.3 Å². The molecule has 2 heterocycles. The average Bonchev–Trinajstić information content (AvgIpc) is 2.24. The van der Waals surface area contributed by atoms with Gasteiger partial charge in [0, 0.05) is 42.7 Å². The minimum Gasteiger partial charge on any atom is -0.297 e. The second-order valence-electron chi connectivity index (χ2n) is 7.23. The molecule has 0 saturated carbocycles. The number of fused-ring (bicyclic) bond motifs is 1. The van der Waals surface area contributed by atoms with E-state index in [-0.39, 0.29) is 0 Å². The highest BCUT2D eigenvalue weighted by atomic mass is 15.4. The maximum Gasteiger partial charge on any atom is 0.0281 e. The lowest BCUT2D eigenvalue weighted by molar-refractivity contribution is -0.0270. The zero-order valence-corrected chi connectivity index (χ0v) is 11.2. The number of hydrogen-bond donors (Lipinski definition) is 0. The van der Waals surface area contributed by atoms with Gasteiger partial charge in [0.2, 0.25) is 0 Å². The van der Waals surface area contributed by atoms with Crippen molar-refractivity contribution in [2.45, 2.75) is 58.7 Å². The van der Waals surface area contributed by atoms with Gasteiger partial charge in [0.1, 0.15) is 0 Å². The zero-order chi connectivity index (χ0) is 11.4. The van der Waals surface area contributed by atoms with Crippen LogP contribution in [-0.2, 0) is 0 Å². The van der Waals surface area contributed by atoms with Gasteiger partial charge in [-0.25, -0.2) is 0 Å². The fourth-order valence-electron chi connectivity index (χ4n) is 2.96. The number of hydrogen-bond acceptors (Lipinski definition) is 2. The summed E-state index contributed by atoms with van der Waals surface area (Å²) in [5.41, 5.74) is 0.704. The van der Waals surface area contributed by atoms with Crippen molar-refractivity contribution in [3.05, 3.63) is 0 Å². The van der Waals surface area contributed by atoms with Gasteiger partial charge < -0.3 is 0 Å². The maximum absolute atomic E-state index is 2.67. The SMILES string of the molecule is CC(C)(C)N1CC2CN(C(C)(C)C)C2C1. The zero-order valence-electron chi connectivity index (χ0n) is 11.2. The van der Waals surface area contributed by atoms with Crippen LogP contribution in [-0.4, -0.2) is 46.6 Å². The standard InChI is InChI=1S/C13H26N2/c1-12(2,3)14-7-10-8-15(11(10)9-14)13(4,5)6/h10-11H,7-9H2,1-6H3. The molecular weight excluding hydrogens is 184 g/mol. The van der Waals surface area contributed by atoms with Crippen LogP contribution in [0, 0.1) is 5.92 Å². The van der Waals surface area contributed by atoms with Crippen molar-refractivity contribution in [1.82, 2.24) is 9.80 Å². The molecule has 2 heteroatoms. The first kappa shape index (κ1) is 11.4. The van der Waals surface area contributed by atoms with Crippen LogP contribution in [0.15, 0.2) is 0 Å². The van der Waals surface area contributed by atoms with Crippen LogP contribution in [0.25, 0.3) is 0 Å². The van der Waals surface area contributed by atoms with Crippen LogP contribution in [0.3, 0.4) is 0 Å². The van der Waals surface area contributed by atoms with Gasteiger partial charge >= 0.3 is 0 Å². The Labute approximate surface area is 94.6 Å². The minimum atomic E-state index is 0.348. The summed E-state index contributed by atoms with van der Waals surface area (Å²) in [7, 11) is 0. The highest BCUT2D eigenvalue weighted by Gasteiger charge is 2.50. The van der Waals surface area contributed by atoms with Crippen molar-refractivity contribution in [2.24, 2.45) is 5.92 Å². The summed E-state index contributed by atoms with van der Waals surface area (Å²) in [5, 5.41) is 0. The Morgan fingerprint density at radius 1 is 0.800 bits per heavy atom. The molecule has 2 aliphatic rings. The molecule has 0 amide bonds. The van der Waals surface area contributed by atoms with E-state index in [1.807, 2.05) is 0 Å².